The molecule has 2 fully saturated rings. The molecule has 7 nitrogen and oxygen atoms in total. The second kappa shape index (κ2) is 7.91. The molecule has 2 aromatic rings. The van der Waals surface area contributed by atoms with Gasteiger partial charge in [-0.2, -0.15) is 0 Å². The first-order chi connectivity index (χ1) is 13.5. The van der Waals surface area contributed by atoms with Crippen molar-refractivity contribution in [3.8, 4) is 0 Å². The van der Waals surface area contributed by atoms with E-state index in [4.69, 9.17) is 4.74 Å². The number of amides is 1. The van der Waals surface area contributed by atoms with E-state index < -0.39 is 0 Å². The Morgan fingerprint density at radius 3 is 2.54 bits per heavy atom. The molecule has 7 heteroatoms. The van der Waals surface area contributed by atoms with Gasteiger partial charge in [-0.15, -0.1) is 0 Å². The third-order valence-corrected chi connectivity index (χ3v) is 5.85. The summed E-state index contributed by atoms with van der Waals surface area (Å²) in [6.45, 7) is 8.40. The third-order valence-electron chi connectivity index (χ3n) is 5.85. The van der Waals surface area contributed by atoms with Gasteiger partial charge in [-0.25, -0.2) is 4.98 Å². The first kappa shape index (κ1) is 18.9. The highest BCUT2D eigenvalue weighted by atomic mass is 16.5. The molecule has 2 aliphatic rings. The van der Waals surface area contributed by atoms with Crippen LogP contribution in [-0.4, -0.2) is 59.8 Å². The first-order valence-corrected chi connectivity index (χ1v) is 10.2. The Labute approximate surface area is 164 Å². The largest absolute Gasteiger partial charge is 0.381 e. The maximum absolute atomic E-state index is 12.7. The fourth-order valence-corrected chi connectivity index (χ4v) is 4.08. The van der Waals surface area contributed by atoms with Gasteiger partial charge in [-0.05, 0) is 44.9 Å². The lowest BCUT2D eigenvalue weighted by Crippen LogP contribution is -2.51. The van der Waals surface area contributed by atoms with Gasteiger partial charge < -0.3 is 14.5 Å². The van der Waals surface area contributed by atoms with Gasteiger partial charge in [0.1, 0.15) is 0 Å². The molecule has 0 N–H and O–H groups in total. The number of hydrogen-bond acceptors (Lipinski definition) is 5. The molecule has 0 bridgehead atoms. The van der Waals surface area contributed by atoms with Crippen molar-refractivity contribution in [1.82, 2.24) is 14.5 Å². The number of rotatable bonds is 3. The molecule has 0 radical (unpaired) electrons. The van der Waals surface area contributed by atoms with Crippen molar-refractivity contribution >= 4 is 22.5 Å². The van der Waals surface area contributed by atoms with E-state index in [-0.39, 0.29) is 23.4 Å². The van der Waals surface area contributed by atoms with Crippen molar-refractivity contribution in [2.75, 3.05) is 44.3 Å². The van der Waals surface area contributed by atoms with Crippen molar-refractivity contribution in [3.63, 3.8) is 0 Å². The van der Waals surface area contributed by atoms with Gasteiger partial charge in [0.15, 0.2) is 0 Å². The van der Waals surface area contributed by atoms with Crippen molar-refractivity contribution in [3.05, 3.63) is 34.9 Å². The minimum absolute atomic E-state index is 0.00146. The van der Waals surface area contributed by atoms with E-state index in [2.05, 4.69) is 9.88 Å². The molecule has 0 atom stereocenters. The normalized spacial score (nSPS) is 18.8. The van der Waals surface area contributed by atoms with Gasteiger partial charge >= 0.3 is 0 Å². The molecule has 2 saturated heterocycles. The van der Waals surface area contributed by atoms with Crippen LogP contribution in [0.25, 0.3) is 10.9 Å². The number of aromatic nitrogens is 2. The Bertz CT molecular complexity index is 909. The molecule has 28 heavy (non-hydrogen) atoms. The number of fused-ring (bicyclic) bond motifs is 1. The van der Waals surface area contributed by atoms with Crippen molar-refractivity contribution in [2.45, 2.75) is 32.7 Å². The van der Waals surface area contributed by atoms with E-state index in [1.54, 1.807) is 10.9 Å². The van der Waals surface area contributed by atoms with Crippen LogP contribution in [0.3, 0.4) is 0 Å². The lowest BCUT2D eigenvalue weighted by Gasteiger charge is -2.38. The second-order valence-corrected chi connectivity index (χ2v) is 7.95. The number of carbonyl (C=O) groups excluding carboxylic acids is 1. The van der Waals surface area contributed by atoms with E-state index in [9.17, 15) is 9.59 Å². The molecule has 1 aromatic carbocycles. The smallest absolute Gasteiger partial charge is 0.261 e. The molecule has 150 valence electrons. The summed E-state index contributed by atoms with van der Waals surface area (Å²) in [4.78, 5) is 34.0. The average molecular weight is 384 g/mol. The number of piperazine rings is 1. The maximum Gasteiger partial charge on any atom is 0.261 e. The summed E-state index contributed by atoms with van der Waals surface area (Å²) in [6, 6.07) is 5.94. The summed E-state index contributed by atoms with van der Waals surface area (Å²) >= 11 is 0. The number of carbonyl (C=O) groups is 1. The maximum atomic E-state index is 12.7. The average Bonchev–Trinajstić information content (AvgIpc) is 2.73. The van der Waals surface area contributed by atoms with E-state index >= 15 is 0 Å². The Kier molecular flexibility index (Phi) is 5.35. The highest BCUT2D eigenvalue weighted by Crippen LogP contribution is 2.23. The van der Waals surface area contributed by atoms with Gasteiger partial charge in [-0.3, -0.25) is 14.2 Å². The molecule has 0 aliphatic carbocycles. The third kappa shape index (κ3) is 3.63. The molecule has 0 unspecified atom stereocenters. The summed E-state index contributed by atoms with van der Waals surface area (Å²) in [5.74, 6) is 0.394. The van der Waals surface area contributed by atoms with E-state index in [0.29, 0.717) is 18.6 Å². The monoisotopic (exact) mass is 384 g/mol. The number of benzene rings is 1. The summed E-state index contributed by atoms with van der Waals surface area (Å²) in [6.07, 6.45) is 3.30. The zero-order chi connectivity index (χ0) is 19.7. The van der Waals surface area contributed by atoms with E-state index in [1.165, 1.54) is 0 Å². The second-order valence-electron chi connectivity index (χ2n) is 7.95. The zero-order valence-corrected chi connectivity index (χ0v) is 16.6. The Balaban J connectivity index is 1.45. The summed E-state index contributed by atoms with van der Waals surface area (Å²) in [5, 5.41) is 0.647. The van der Waals surface area contributed by atoms with Crippen LogP contribution in [0.1, 0.15) is 32.7 Å². The first-order valence-electron chi connectivity index (χ1n) is 10.2. The van der Waals surface area contributed by atoms with Crippen LogP contribution >= 0.6 is 0 Å². The van der Waals surface area contributed by atoms with Gasteiger partial charge in [-0.1, -0.05) is 0 Å². The van der Waals surface area contributed by atoms with Crippen molar-refractivity contribution in [1.29, 1.82) is 0 Å². The van der Waals surface area contributed by atoms with E-state index in [0.717, 1.165) is 50.2 Å². The van der Waals surface area contributed by atoms with Crippen LogP contribution in [-0.2, 0) is 9.53 Å². The van der Waals surface area contributed by atoms with Crippen molar-refractivity contribution < 1.29 is 9.53 Å². The standard InChI is InChI=1S/C21H28N4O3/c1-15(2)25-14-22-19-13-17(3-4-18(19)21(25)27)23-7-9-24(10-8-23)20(26)16-5-11-28-12-6-16/h3-4,13-16H,5-12H2,1-2H3. The number of anilines is 1. The summed E-state index contributed by atoms with van der Waals surface area (Å²) in [7, 11) is 0. The molecule has 1 aromatic heterocycles. The zero-order valence-electron chi connectivity index (χ0n) is 16.6. The van der Waals surface area contributed by atoms with Gasteiger partial charge in [0.2, 0.25) is 5.91 Å². The number of ether oxygens (including phenoxy) is 1. The van der Waals surface area contributed by atoms with Crippen LogP contribution in [0, 0.1) is 5.92 Å². The van der Waals surface area contributed by atoms with Gasteiger partial charge in [0.05, 0.1) is 17.2 Å². The fourth-order valence-electron chi connectivity index (χ4n) is 4.08. The Morgan fingerprint density at radius 2 is 1.86 bits per heavy atom. The molecular weight excluding hydrogens is 356 g/mol. The van der Waals surface area contributed by atoms with E-state index in [1.807, 2.05) is 36.9 Å². The van der Waals surface area contributed by atoms with Crippen LogP contribution in [0.15, 0.2) is 29.3 Å². The number of hydrogen-bond donors (Lipinski definition) is 0. The Hall–Kier alpha value is -2.41. The molecule has 4 rings (SSSR count). The molecule has 1 amide bonds. The van der Waals surface area contributed by atoms with Crippen molar-refractivity contribution in [2.24, 2.45) is 5.92 Å². The SMILES string of the molecule is CC(C)n1cnc2cc(N3CCN(C(=O)C4CCOCC4)CC3)ccc2c1=O. The minimum Gasteiger partial charge on any atom is -0.381 e. The molecule has 2 aliphatic heterocycles. The number of nitrogens with zero attached hydrogens (tertiary/aromatic N) is 4. The highest BCUT2D eigenvalue weighted by Gasteiger charge is 2.28. The van der Waals surface area contributed by atoms with Crippen LogP contribution in [0.5, 0.6) is 0 Å². The van der Waals surface area contributed by atoms with Gasteiger partial charge in [0.25, 0.3) is 5.56 Å². The lowest BCUT2D eigenvalue weighted by atomic mass is 9.98. The van der Waals surface area contributed by atoms with Crippen LogP contribution in [0.2, 0.25) is 0 Å². The molecule has 0 saturated carbocycles. The molecule has 0 spiro atoms. The lowest BCUT2D eigenvalue weighted by molar-refractivity contribution is -0.138. The highest BCUT2D eigenvalue weighted by molar-refractivity contribution is 5.82. The molecular formula is C21H28N4O3. The van der Waals surface area contributed by atoms with Gasteiger partial charge in [0, 0.05) is 57.0 Å². The summed E-state index contributed by atoms with van der Waals surface area (Å²) in [5.41, 5.74) is 1.78. The molecule has 3 heterocycles. The predicted molar refractivity (Wildman–Crippen MR) is 109 cm³/mol. The van der Waals surface area contributed by atoms with Crippen LogP contribution < -0.4 is 10.5 Å². The Morgan fingerprint density at radius 1 is 1.14 bits per heavy atom. The predicted octanol–water partition coefficient (Wildman–Crippen LogP) is 2.05. The summed E-state index contributed by atoms with van der Waals surface area (Å²) < 4.78 is 7.02. The quantitative estimate of drug-likeness (QED) is 0.810. The minimum atomic E-state index is -0.00146. The fraction of sp³-hybridized carbons (Fsp3) is 0.571. The van der Waals surface area contributed by atoms with Crippen LogP contribution in [0.4, 0.5) is 5.69 Å². The topological polar surface area (TPSA) is 67.7 Å².